The first kappa shape index (κ1) is 28.1. The molecule has 0 aliphatic rings. The number of carbonyl (C=O) groups excluding carboxylic acids is 3. The minimum atomic E-state index is -0.599. The van der Waals surface area contributed by atoms with Gasteiger partial charge in [-0.1, -0.05) is 77.5 Å². The molecule has 0 amide bonds. The SMILES string of the molecule is CC=CC=CC(=O)C(C)C(CCOC(=O)CCCCCCCCC)OC(=O)CCC. The molecule has 2 unspecified atom stereocenters. The highest BCUT2D eigenvalue weighted by Crippen LogP contribution is 2.16. The van der Waals surface area contributed by atoms with Gasteiger partial charge >= 0.3 is 11.9 Å². The Labute approximate surface area is 183 Å². The molecule has 0 radical (unpaired) electrons. The van der Waals surface area contributed by atoms with Crippen LogP contribution in [0.15, 0.2) is 24.3 Å². The van der Waals surface area contributed by atoms with Crippen LogP contribution in [0.25, 0.3) is 0 Å². The van der Waals surface area contributed by atoms with Gasteiger partial charge in [-0.2, -0.15) is 0 Å². The summed E-state index contributed by atoms with van der Waals surface area (Å²) in [7, 11) is 0. The molecule has 2 atom stereocenters. The smallest absolute Gasteiger partial charge is 0.306 e. The highest BCUT2D eigenvalue weighted by atomic mass is 16.6. The summed E-state index contributed by atoms with van der Waals surface area (Å²) < 4.78 is 10.8. The number of esters is 2. The molecular weight excluding hydrogens is 380 g/mol. The maximum atomic E-state index is 12.3. The lowest BCUT2D eigenvalue weighted by Gasteiger charge is -2.22. The van der Waals surface area contributed by atoms with Gasteiger partial charge in [-0.15, -0.1) is 0 Å². The summed E-state index contributed by atoms with van der Waals surface area (Å²) in [5.41, 5.74) is 0. The molecular formula is C25H42O5. The molecule has 0 heterocycles. The zero-order valence-corrected chi connectivity index (χ0v) is 19.5. The molecule has 5 nitrogen and oxygen atoms in total. The Balaban J connectivity index is 4.41. The van der Waals surface area contributed by atoms with E-state index in [0.717, 1.165) is 19.3 Å². The zero-order chi connectivity index (χ0) is 22.6. The molecule has 0 fully saturated rings. The van der Waals surface area contributed by atoms with Gasteiger partial charge in [-0.25, -0.2) is 0 Å². The van der Waals surface area contributed by atoms with E-state index in [0.29, 0.717) is 25.7 Å². The first-order valence-corrected chi connectivity index (χ1v) is 11.6. The van der Waals surface area contributed by atoms with Crippen molar-refractivity contribution in [3.63, 3.8) is 0 Å². The molecule has 30 heavy (non-hydrogen) atoms. The van der Waals surface area contributed by atoms with Crippen molar-refractivity contribution >= 4 is 17.7 Å². The first-order valence-electron chi connectivity index (χ1n) is 11.6. The van der Waals surface area contributed by atoms with Crippen LogP contribution in [0.2, 0.25) is 0 Å². The minimum absolute atomic E-state index is 0.114. The van der Waals surface area contributed by atoms with E-state index in [1.165, 1.54) is 31.8 Å². The lowest BCUT2D eigenvalue weighted by atomic mass is 9.96. The second-order valence-corrected chi connectivity index (χ2v) is 7.73. The number of carbonyl (C=O) groups is 3. The van der Waals surface area contributed by atoms with E-state index in [1.54, 1.807) is 19.1 Å². The van der Waals surface area contributed by atoms with Gasteiger partial charge in [0.1, 0.15) is 6.10 Å². The molecule has 0 rings (SSSR count). The van der Waals surface area contributed by atoms with Gasteiger partial charge in [-0.05, 0) is 25.8 Å². The minimum Gasteiger partial charge on any atom is -0.466 e. The normalized spacial score (nSPS) is 13.5. The maximum Gasteiger partial charge on any atom is 0.306 e. The Morgan fingerprint density at radius 1 is 0.833 bits per heavy atom. The van der Waals surface area contributed by atoms with E-state index in [4.69, 9.17) is 9.47 Å². The molecule has 0 saturated heterocycles. The number of allylic oxidation sites excluding steroid dienone is 4. The number of unbranched alkanes of at least 4 members (excludes halogenated alkanes) is 6. The lowest BCUT2D eigenvalue weighted by molar-refractivity contribution is -0.154. The molecule has 0 bridgehead atoms. The second kappa shape index (κ2) is 19.1. The third kappa shape index (κ3) is 15.0. The largest absolute Gasteiger partial charge is 0.466 e. The van der Waals surface area contributed by atoms with Gasteiger partial charge in [0.05, 0.1) is 12.5 Å². The van der Waals surface area contributed by atoms with Crippen molar-refractivity contribution in [2.45, 2.75) is 104 Å². The van der Waals surface area contributed by atoms with Crippen molar-refractivity contribution in [3.05, 3.63) is 24.3 Å². The summed E-state index contributed by atoms with van der Waals surface area (Å²) in [5.74, 6) is -1.16. The van der Waals surface area contributed by atoms with Crippen molar-refractivity contribution in [1.82, 2.24) is 0 Å². The van der Waals surface area contributed by atoms with Gasteiger partial charge < -0.3 is 9.47 Å². The van der Waals surface area contributed by atoms with Crippen LogP contribution >= 0.6 is 0 Å². The fourth-order valence-corrected chi connectivity index (χ4v) is 3.03. The standard InChI is InChI=1S/C25H42O5/c1-5-8-10-11-12-13-15-18-24(27)29-20-19-23(30-25(28)16-7-3)21(4)22(26)17-14-9-6-2/h6,9,14,17,21,23H,5,7-8,10-13,15-16,18-20H2,1-4H3. The molecule has 0 aromatic carbocycles. The quantitative estimate of drug-likeness (QED) is 0.115. The molecule has 0 N–H and O–H groups in total. The maximum absolute atomic E-state index is 12.3. The monoisotopic (exact) mass is 422 g/mol. The Hall–Kier alpha value is -1.91. The van der Waals surface area contributed by atoms with Crippen LogP contribution in [-0.4, -0.2) is 30.4 Å². The zero-order valence-electron chi connectivity index (χ0n) is 19.5. The summed E-state index contributed by atoms with van der Waals surface area (Å²) >= 11 is 0. The van der Waals surface area contributed by atoms with Crippen LogP contribution in [0.1, 0.15) is 98.3 Å². The van der Waals surface area contributed by atoms with Crippen molar-refractivity contribution in [3.8, 4) is 0 Å². The third-order valence-electron chi connectivity index (χ3n) is 4.96. The number of hydrogen-bond donors (Lipinski definition) is 0. The van der Waals surface area contributed by atoms with E-state index in [9.17, 15) is 14.4 Å². The van der Waals surface area contributed by atoms with Crippen LogP contribution in [-0.2, 0) is 23.9 Å². The van der Waals surface area contributed by atoms with Crippen LogP contribution < -0.4 is 0 Å². The van der Waals surface area contributed by atoms with Crippen molar-refractivity contribution in [1.29, 1.82) is 0 Å². The Morgan fingerprint density at radius 3 is 2.13 bits per heavy atom. The summed E-state index contributed by atoms with van der Waals surface area (Å²) in [6.45, 7) is 7.86. The van der Waals surface area contributed by atoms with Gasteiger partial charge in [-0.3, -0.25) is 14.4 Å². The first-order chi connectivity index (χ1) is 14.5. The molecule has 0 spiro atoms. The van der Waals surface area contributed by atoms with Crippen molar-refractivity contribution < 1.29 is 23.9 Å². The fraction of sp³-hybridized carbons (Fsp3) is 0.720. The Kier molecular flexibility index (Phi) is 17.9. The fourth-order valence-electron chi connectivity index (χ4n) is 3.03. The molecule has 0 aromatic rings. The Bertz CT molecular complexity index is 536. The van der Waals surface area contributed by atoms with E-state index in [2.05, 4.69) is 6.92 Å². The van der Waals surface area contributed by atoms with E-state index >= 15 is 0 Å². The number of rotatable bonds is 18. The predicted octanol–water partition coefficient (Wildman–Crippen LogP) is 6.11. The highest BCUT2D eigenvalue weighted by molar-refractivity contribution is 5.92. The molecule has 0 aliphatic carbocycles. The third-order valence-corrected chi connectivity index (χ3v) is 4.96. The Morgan fingerprint density at radius 2 is 1.50 bits per heavy atom. The molecule has 0 aliphatic heterocycles. The van der Waals surface area contributed by atoms with Crippen LogP contribution in [0.3, 0.4) is 0 Å². The summed E-state index contributed by atoms with van der Waals surface area (Å²) in [6.07, 6.45) is 15.9. The molecule has 5 heteroatoms. The molecule has 0 saturated carbocycles. The molecule has 172 valence electrons. The van der Waals surface area contributed by atoms with E-state index < -0.39 is 12.0 Å². The topological polar surface area (TPSA) is 69.7 Å². The second-order valence-electron chi connectivity index (χ2n) is 7.73. The van der Waals surface area contributed by atoms with Crippen LogP contribution in [0, 0.1) is 5.92 Å². The van der Waals surface area contributed by atoms with Gasteiger partial charge in [0, 0.05) is 19.3 Å². The van der Waals surface area contributed by atoms with Crippen LogP contribution in [0.5, 0.6) is 0 Å². The van der Waals surface area contributed by atoms with Crippen LogP contribution in [0.4, 0.5) is 0 Å². The van der Waals surface area contributed by atoms with E-state index in [-0.39, 0.29) is 24.3 Å². The number of ether oxygens (including phenoxy) is 2. The average Bonchev–Trinajstić information content (AvgIpc) is 2.72. The van der Waals surface area contributed by atoms with Gasteiger partial charge in [0.25, 0.3) is 0 Å². The van der Waals surface area contributed by atoms with Gasteiger partial charge in [0.2, 0.25) is 0 Å². The van der Waals surface area contributed by atoms with Crippen molar-refractivity contribution in [2.24, 2.45) is 5.92 Å². The number of hydrogen-bond acceptors (Lipinski definition) is 5. The lowest BCUT2D eigenvalue weighted by Crippen LogP contribution is -2.31. The highest BCUT2D eigenvalue weighted by Gasteiger charge is 2.26. The molecule has 0 aromatic heterocycles. The summed E-state index contributed by atoms with van der Waals surface area (Å²) in [5, 5.41) is 0. The average molecular weight is 423 g/mol. The summed E-state index contributed by atoms with van der Waals surface area (Å²) in [6, 6.07) is 0. The van der Waals surface area contributed by atoms with E-state index in [1.807, 2.05) is 19.9 Å². The number of ketones is 1. The summed E-state index contributed by atoms with van der Waals surface area (Å²) in [4.78, 5) is 36.2. The van der Waals surface area contributed by atoms with Crippen molar-refractivity contribution in [2.75, 3.05) is 6.61 Å². The predicted molar refractivity (Wildman–Crippen MR) is 121 cm³/mol. The van der Waals surface area contributed by atoms with Gasteiger partial charge in [0.15, 0.2) is 5.78 Å².